The van der Waals surface area contributed by atoms with Crippen molar-refractivity contribution in [3.63, 3.8) is 0 Å². The van der Waals surface area contributed by atoms with Crippen molar-refractivity contribution in [2.24, 2.45) is 0 Å². The Morgan fingerprint density at radius 2 is 1.98 bits per heavy atom. The summed E-state index contributed by atoms with van der Waals surface area (Å²) >= 11 is 6.69. The van der Waals surface area contributed by atoms with E-state index in [2.05, 4.69) is 44.3 Å². The predicted molar refractivity (Wildman–Crippen MR) is 168 cm³/mol. The summed E-state index contributed by atoms with van der Waals surface area (Å²) in [6.07, 6.45) is 0.430. The third kappa shape index (κ3) is 5.77. The molecule has 0 spiro atoms. The third-order valence-corrected chi connectivity index (χ3v) is 9.01. The molecule has 3 aliphatic heterocycles. The molecule has 1 unspecified atom stereocenters. The highest BCUT2D eigenvalue weighted by atomic mass is 35.5. The van der Waals surface area contributed by atoms with Crippen LogP contribution >= 0.6 is 11.6 Å². The maximum Gasteiger partial charge on any atom is 0.319 e. The van der Waals surface area contributed by atoms with Crippen molar-refractivity contribution in [3.05, 3.63) is 76.5 Å². The number of benzene rings is 2. The lowest BCUT2D eigenvalue weighted by atomic mass is 10.0. The minimum absolute atomic E-state index is 0.0473. The molecule has 6 rings (SSSR count). The standard InChI is InChI=1S/C32H35ClFN7O3/c1-20(34)31(42)41-14-13-40(16-22(41)15-35-2)30-23-11-12-39(26-10-6-8-21-7-5-9-24(33)29(21)26)17-25(23)36-32(37-30)44-28-19-43-18-27(28)38(3)4/h5-10,22,27-28H,1,11-19H2,3-4H3/t22?,27-,28-/m1/s1. The maximum absolute atomic E-state index is 13.8. The van der Waals surface area contributed by atoms with Crippen LogP contribution in [0.1, 0.15) is 11.3 Å². The van der Waals surface area contributed by atoms with Crippen LogP contribution in [0.4, 0.5) is 15.9 Å². The van der Waals surface area contributed by atoms with Gasteiger partial charge in [0.25, 0.3) is 5.91 Å². The number of hydrogen-bond donors (Lipinski definition) is 0. The molecular weight excluding hydrogens is 585 g/mol. The summed E-state index contributed by atoms with van der Waals surface area (Å²) in [5.74, 6) is -1.07. The highest BCUT2D eigenvalue weighted by Gasteiger charge is 2.37. The summed E-state index contributed by atoms with van der Waals surface area (Å²) in [7, 11) is 3.98. The molecule has 0 radical (unpaired) electrons. The fraction of sp³-hybridized carbons (Fsp3) is 0.438. The van der Waals surface area contributed by atoms with Crippen molar-refractivity contribution in [3.8, 4) is 6.01 Å². The van der Waals surface area contributed by atoms with Crippen LogP contribution in [0.3, 0.4) is 0 Å². The molecule has 1 amide bonds. The molecule has 2 fully saturated rings. The molecule has 0 saturated carbocycles. The highest BCUT2D eigenvalue weighted by molar-refractivity contribution is 6.36. The number of halogens is 2. The molecule has 10 nitrogen and oxygen atoms in total. The van der Waals surface area contributed by atoms with E-state index in [0.29, 0.717) is 44.3 Å². The van der Waals surface area contributed by atoms with Gasteiger partial charge in [-0.05, 0) is 38.0 Å². The van der Waals surface area contributed by atoms with Crippen molar-refractivity contribution in [2.75, 3.05) is 69.8 Å². The number of anilines is 2. The summed E-state index contributed by atoms with van der Waals surface area (Å²) in [4.78, 5) is 33.8. The minimum Gasteiger partial charge on any atom is -0.456 e. The van der Waals surface area contributed by atoms with Gasteiger partial charge in [0.2, 0.25) is 6.54 Å². The molecular formula is C32H35ClFN7O3. The Hall–Kier alpha value is -3.98. The van der Waals surface area contributed by atoms with Gasteiger partial charge in [-0.2, -0.15) is 9.97 Å². The Labute approximate surface area is 261 Å². The smallest absolute Gasteiger partial charge is 0.319 e. The zero-order valence-electron chi connectivity index (χ0n) is 24.9. The van der Waals surface area contributed by atoms with Gasteiger partial charge in [0.1, 0.15) is 18.0 Å². The second kappa shape index (κ2) is 12.6. The number of piperazine rings is 1. The van der Waals surface area contributed by atoms with Crippen LogP contribution in [-0.4, -0.2) is 104 Å². The molecule has 230 valence electrons. The molecule has 1 aromatic heterocycles. The normalized spacial score (nSPS) is 21.8. The van der Waals surface area contributed by atoms with Crippen molar-refractivity contribution in [1.82, 2.24) is 19.8 Å². The molecule has 0 bridgehead atoms. The van der Waals surface area contributed by atoms with E-state index >= 15 is 0 Å². The molecule has 4 heterocycles. The minimum atomic E-state index is -1.02. The number of carbonyl (C=O) groups is 1. The first-order chi connectivity index (χ1) is 21.2. The summed E-state index contributed by atoms with van der Waals surface area (Å²) in [6.45, 7) is 13.9. The fourth-order valence-corrected chi connectivity index (χ4v) is 6.71. The zero-order valence-corrected chi connectivity index (χ0v) is 25.6. The summed E-state index contributed by atoms with van der Waals surface area (Å²) in [5, 5.41) is 2.76. The number of rotatable bonds is 7. The van der Waals surface area contributed by atoms with E-state index in [1.165, 1.54) is 4.90 Å². The van der Waals surface area contributed by atoms with Gasteiger partial charge < -0.3 is 33.9 Å². The predicted octanol–water partition coefficient (Wildman–Crippen LogP) is 3.97. The first kappa shape index (κ1) is 30.1. The topological polar surface area (TPSA) is 78.6 Å². The second-order valence-electron chi connectivity index (χ2n) is 11.6. The number of nitrogens with zero attached hydrogens (tertiary/aromatic N) is 7. The van der Waals surface area contributed by atoms with Gasteiger partial charge in [0.15, 0.2) is 5.83 Å². The number of carbonyl (C=O) groups excluding carboxylic acids is 1. The number of fused-ring (bicyclic) bond motifs is 2. The van der Waals surface area contributed by atoms with Crippen molar-refractivity contribution in [2.45, 2.75) is 31.2 Å². The van der Waals surface area contributed by atoms with E-state index in [0.717, 1.165) is 40.1 Å². The van der Waals surface area contributed by atoms with Gasteiger partial charge in [-0.3, -0.25) is 4.79 Å². The Morgan fingerprint density at radius 3 is 2.73 bits per heavy atom. The van der Waals surface area contributed by atoms with Crippen LogP contribution in [-0.2, 0) is 22.5 Å². The van der Waals surface area contributed by atoms with Gasteiger partial charge in [0, 0.05) is 42.8 Å². The third-order valence-electron chi connectivity index (χ3n) is 8.69. The van der Waals surface area contributed by atoms with Crippen LogP contribution in [0, 0.1) is 6.57 Å². The first-order valence-electron chi connectivity index (χ1n) is 14.7. The van der Waals surface area contributed by atoms with E-state index in [1.807, 2.05) is 32.3 Å². The Bertz CT molecular complexity index is 1620. The zero-order chi connectivity index (χ0) is 31.0. The van der Waals surface area contributed by atoms with Gasteiger partial charge in [-0.25, -0.2) is 11.0 Å². The van der Waals surface area contributed by atoms with Crippen molar-refractivity contribution in [1.29, 1.82) is 0 Å². The Kier molecular flexibility index (Phi) is 8.58. The van der Waals surface area contributed by atoms with Crippen molar-refractivity contribution < 1.29 is 18.7 Å². The average molecular weight is 620 g/mol. The second-order valence-corrected chi connectivity index (χ2v) is 12.0. The van der Waals surface area contributed by atoms with Crippen LogP contribution in [0.2, 0.25) is 5.02 Å². The van der Waals surface area contributed by atoms with E-state index in [1.54, 1.807) is 0 Å². The number of likely N-dealkylation sites (N-methyl/N-ethyl adjacent to an activating group) is 1. The number of hydrogen-bond acceptors (Lipinski definition) is 8. The van der Waals surface area contributed by atoms with Gasteiger partial charge in [0.05, 0.1) is 36.5 Å². The lowest BCUT2D eigenvalue weighted by molar-refractivity contribution is -0.131. The van der Waals surface area contributed by atoms with E-state index in [-0.39, 0.29) is 31.2 Å². The monoisotopic (exact) mass is 619 g/mol. The van der Waals surface area contributed by atoms with Crippen LogP contribution in [0.5, 0.6) is 6.01 Å². The van der Waals surface area contributed by atoms with E-state index in [9.17, 15) is 9.18 Å². The first-order valence-corrected chi connectivity index (χ1v) is 15.1. The van der Waals surface area contributed by atoms with Crippen LogP contribution in [0.15, 0.2) is 48.8 Å². The number of ether oxygens (including phenoxy) is 2. The molecule has 3 aromatic rings. The molecule has 0 aliphatic carbocycles. The quantitative estimate of drug-likeness (QED) is 0.291. The number of amides is 1. The average Bonchev–Trinajstić information content (AvgIpc) is 3.48. The highest BCUT2D eigenvalue weighted by Crippen LogP contribution is 2.37. The van der Waals surface area contributed by atoms with Crippen molar-refractivity contribution >= 4 is 39.8 Å². The summed E-state index contributed by atoms with van der Waals surface area (Å²) in [6, 6.07) is 11.9. The molecule has 2 saturated heterocycles. The maximum atomic E-state index is 13.8. The summed E-state index contributed by atoms with van der Waals surface area (Å²) < 4.78 is 26.0. The Balaban J connectivity index is 1.37. The number of aromatic nitrogens is 2. The van der Waals surface area contributed by atoms with Gasteiger partial charge >= 0.3 is 6.01 Å². The van der Waals surface area contributed by atoms with Gasteiger partial charge in [-0.15, -0.1) is 0 Å². The molecule has 44 heavy (non-hydrogen) atoms. The van der Waals surface area contributed by atoms with E-state index in [4.69, 9.17) is 37.6 Å². The summed E-state index contributed by atoms with van der Waals surface area (Å²) in [5.41, 5.74) is 2.88. The lowest BCUT2D eigenvalue weighted by Crippen LogP contribution is -2.57. The fourth-order valence-electron chi connectivity index (χ4n) is 6.43. The SMILES string of the molecule is [C-]#[N+]CC1CN(c2nc(O[C@@H]3COC[C@H]3N(C)C)nc3c2CCN(c2cccc4cccc(Cl)c24)C3)CCN1C(=O)C(=C)F. The lowest BCUT2D eigenvalue weighted by Gasteiger charge is -2.41. The largest absolute Gasteiger partial charge is 0.456 e. The molecule has 3 aliphatic rings. The Morgan fingerprint density at radius 1 is 1.18 bits per heavy atom. The molecule has 12 heteroatoms. The molecule has 2 aromatic carbocycles. The molecule has 0 N–H and O–H groups in total. The van der Waals surface area contributed by atoms with Crippen LogP contribution < -0.4 is 14.5 Å². The van der Waals surface area contributed by atoms with Gasteiger partial charge in [-0.1, -0.05) is 42.4 Å². The van der Waals surface area contributed by atoms with E-state index < -0.39 is 17.8 Å². The van der Waals surface area contributed by atoms with Crippen LogP contribution in [0.25, 0.3) is 15.6 Å². The molecule has 3 atom stereocenters.